The number of fused-ring (bicyclic) bond motifs is 1. The molecule has 0 unspecified atom stereocenters. The van der Waals surface area contributed by atoms with Gasteiger partial charge in [0, 0.05) is 49.0 Å². The van der Waals surface area contributed by atoms with Crippen molar-refractivity contribution < 1.29 is 4.79 Å². The molecule has 0 aliphatic heterocycles. The Balaban J connectivity index is 1.35. The number of nitrogens with zero attached hydrogens (tertiary/aromatic N) is 3. The molecule has 0 bridgehead atoms. The lowest BCUT2D eigenvalue weighted by atomic mass is 10.2. The molecule has 26 heavy (non-hydrogen) atoms. The maximum atomic E-state index is 12.3. The minimum absolute atomic E-state index is 0.0661. The van der Waals surface area contributed by atoms with Gasteiger partial charge in [0.2, 0.25) is 0 Å². The lowest BCUT2D eigenvalue weighted by Gasteiger charge is -2.06. The number of benzene rings is 1. The highest BCUT2D eigenvalue weighted by atomic mass is 16.1. The van der Waals surface area contributed by atoms with Crippen LogP contribution in [0.1, 0.15) is 21.6 Å². The van der Waals surface area contributed by atoms with Crippen molar-refractivity contribution >= 4 is 11.6 Å². The third-order valence-corrected chi connectivity index (χ3v) is 4.36. The van der Waals surface area contributed by atoms with Gasteiger partial charge >= 0.3 is 0 Å². The van der Waals surface area contributed by atoms with E-state index >= 15 is 0 Å². The molecular weight excluding hydrogens is 324 g/mol. The van der Waals surface area contributed by atoms with Crippen molar-refractivity contribution in [3.8, 4) is 5.69 Å². The molecule has 0 saturated heterocycles. The largest absolute Gasteiger partial charge is 0.352 e. The van der Waals surface area contributed by atoms with Crippen LogP contribution in [0, 0.1) is 6.92 Å². The van der Waals surface area contributed by atoms with Crippen LogP contribution in [-0.2, 0) is 6.42 Å². The van der Waals surface area contributed by atoms with Gasteiger partial charge in [-0.2, -0.15) is 0 Å². The molecule has 1 aromatic carbocycles. The normalized spacial score (nSPS) is 11.0. The summed E-state index contributed by atoms with van der Waals surface area (Å²) >= 11 is 0. The minimum Gasteiger partial charge on any atom is -0.352 e. The molecule has 3 heterocycles. The second-order valence-corrected chi connectivity index (χ2v) is 6.34. The molecule has 1 amide bonds. The van der Waals surface area contributed by atoms with E-state index in [1.54, 1.807) is 0 Å². The van der Waals surface area contributed by atoms with Gasteiger partial charge in [-0.3, -0.25) is 4.79 Å². The van der Waals surface area contributed by atoms with Crippen molar-refractivity contribution in [2.45, 2.75) is 13.3 Å². The smallest absolute Gasteiger partial charge is 0.251 e. The topological polar surface area (TPSA) is 51.3 Å². The van der Waals surface area contributed by atoms with Gasteiger partial charge in [-0.1, -0.05) is 0 Å². The van der Waals surface area contributed by atoms with Crippen LogP contribution in [0.15, 0.2) is 73.3 Å². The van der Waals surface area contributed by atoms with Crippen molar-refractivity contribution in [1.82, 2.24) is 19.3 Å². The summed E-state index contributed by atoms with van der Waals surface area (Å²) in [6.45, 7) is 2.61. The van der Waals surface area contributed by atoms with Crippen LogP contribution in [-0.4, -0.2) is 26.4 Å². The quantitative estimate of drug-likeness (QED) is 0.603. The number of nitrogens with one attached hydrogen (secondary N) is 1. The Morgan fingerprint density at radius 2 is 1.85 bits per heavy atom. The standard InChI is InChI=1S/C21H20N4O/c1-16-9-13-25-15-18(23-20(25)14-16)8-10-22-21(26)17-4-6-19(7-5-17)24-11-2-3-12-24/h2-7,9,11-15H,8,10H2,1H3,(H,22,26). The lowest BCUT2D eigenvalue weighted by Crippen LogP contribution is -2.25. The van der Waals surface area contributed by atoms with Crippen molar-refractivity contribution in [1.29, 1.82) is 0 Å². The van der Waals surface area contributed by atoms with Crippen LogP contribution in [0.5, 0.6) is 0 Å². The first-order valence-corrected chi connectivity index (χ1v) is 8.65. The van der Waals surface area contributed by atoms with E-state index in [2.05, 4.69) is 23.3 Å². The van der Waals surface area contributed by atoms with Crippen LogP contribution in [0.25, 0.3) is 11.3 Å². The molecule has 0 aliphatic rings. The summed E-state index contributed by atoms with van der Waals surface area (Å²) in [5.74, 6) is -0.0661. The first kappa shape index (κ1) is 16.1. The van der Waals surface area contributed by atoms with Crippen LogP contribution >= 0.6 is 0 Å². The molecule has 5 nitrogen and oxygen atoms in total. The number of hydrogen-bond acceptors (Lipinski definition) is 2. The fraction of sp³-hybridized carbons (Fsp3) is 0.143. The zero-order valence-electron chi connectivity index (χ0n) is 14.6. The second-order valence-electron chi connectivity index (χ2n) is 6.34. The molecule has 130 valence electrons. The summed E-state index contributed by atoms with van der Waals surface area (Å²) in [4.78, 5) is 16.9. The summed E-state index contributed by atoms with van der Waals surface area (Å²) < 4.78 is 4.01. The van der Waals surface area contributed by atoms with Crippen molar-refractivity contribution in [3.63, 3.8) is 0 Å². The van der Waals surface area contributed by atoms with Gasteiger partial charge in [0.25, 0.3) is 5.91 Å². The van der Waals surface area contributed by atoms with Crippen molar-refractivity contribution in [2.75, 3.05) is 6.54 Å². The molecule has 0 radical (unpaired) electrons. The Labute approximate surface area is 151 Å². The monoisotopic (exact) mass is 344 g/mol. The van der Waals surface area contributed by atoms with Gasteiger partial charge in [-0.25, -0.2) is 4.98 Å². The highest BCUT2D eigenvalue weighted by molar-refractivity contribution is 5.94. The van der Waals surface area contributed by atoms with Crippen LogP contribution in [0.4, 0.5) is 0 Å². The summed E-state index contributed by atoms with van der Waals surface area (Å²) in [5.41, 5.74) is 4.79. The van der Waals surface area contributed by atoms with Gasteiger partial charge in [0.15, 0.2) is 0 Å². The molecule has 0 fully saturated rings. The molecular formula is C21H20N4O. The number of pyridine rings is 1. The number of hydrogen-bond donors (Lipinski definition) is 1. The summed E-state index contributed by atoms with van der Waals surface area (Å²) in [7, 11) is 0. The predicted octanol–water partition coefficient (Wildman–Crippen LogP) is 3.41. The SMILES string of the molecule is Cc1ccn2cc(CCNC(=O)c3ccc(-n4cccc4)cc3)nc2c1. The van der Waals surface area contributed by atoms with E-state index in [0.29, 0.717) is 18.5 Å². The zero-order valence-corrected chi connectivity index (χ0v) is 14.6. The molecule has 4 rings (SSSR count). The third kappa shape index (κ3) is 3.37. The van der Waals surface area contributed by atoms with E-state index in [0.717, 1.165) is 17.0 Å². The summed E-state index contributed by atoms with van der Waals surface area (Å²) in [5, 5.41) is 2.96. The van der Waals surface area contributed by atoms with E-state index in [1.807, 2.05) is 76.2 Å². The van der Waals surface area contributed by atoms with Crippen LogP contribution in [0.3, 0.4) is 0 Å². The number of aromatic nitrogens is 3. The fourth-order valence-electron chi connectivity index (χ4n) is 2.95. The maximum absolute atomic E-state index is 12.3. The Bertz CT molecular complexity index is 1030. The Kier molecular flexibility index (Phi) is 4.27. The zero-order chi connectivity index (χ0) is 17.9. The number of aryl methyl sites for hydroxylation is 1. The molecule has 4 aromatic rings. The number of carbonyl (C=O) groups is 1. The molecule has 3 aromatic heterocycles. The number of amides is 1. The van der Waals surface area contributed by atoms with Crippen molar-refractivity contribution in [2.24, 2.45) is 0 Å². The Morgan fingerprint density at radius 3 is 2.62 bits per heavy atom. The first-order valence-electron chi connectivity index (χ1n) is 8.65. The minimum atomic E-state index is -0.0661. The maximum Gasteiger partial charge on any atom is 0.251 e. The summed E-state index contributed by atoms with van der Waals surface area (Å²) in [6, 6.07) is 15.6. The van der Waals surface area contributed by atoms with E-state index in [-0.39, 0.29) is 5.91 Å². The third-order valence-electron chi connectivity index (χ3n) is 4.36. The molecule has 0 aliphatic carbocycles. The Hall–Kier alpha value is -3.34. The highest BCUT2D eigenvalue weighted by Crippen LogP contribution is 2.10. The van der Waals surface area contributed by atoms with Gasteiger partial charge in [-0.05, 0) is 61.0 Å². The number of rotatable bonds is 5. The van der Waals surface area contributed by atoms with Gasteiger partial charge in [-0.15, -0.1) is 0 Å². The lowest BCUT2D eigenvalue weighted by molar-refractivity contribution is 0.0954. The van der Waals surface area contributed by atoms with E-state index in [4.69, 9.17) is 0 Å². The van der Waals surface area contributed by atoms with Gasteiger partial charge < -0.3 is 14.3 Å². The summed E-state index contributed by atoms with van der Waals surface area (Å²) in [6.07, 6.45) is 8.67. The number of imidazole rings is 1. The van der Waals surface area contributed by atoms with E-state index < -0.39 is 0 Å². The first-order chi connectivity index (χ1) is 12.7. The highest BCUT2D eigenvalue weighted by Gasteiger charge is 2.07. The Morgan fingerprint density at radius 1 is 1.08 bits per heavy atom. The molecule has 0 saturated carbocycles. The molecule has 0 spiro atoms. The van der Waals surface area contributed by atoms with E-state index in [1.165, 1.54) is 5.56 Å². The van der Waals surface area contributed by atoms with Gasteiger partial charge in [0.1, 0.15) is 5.65 Å². The van der Waals surface area contributed by atoms with Crippen LogP contribution in [0.2, 0.25) is 0 Å². The average molecular weight is 344 g/mol. The molecule has 0 atom stereocenters. The molecule has 5 heteroatoms. The van der Waals surface area contributed by atoms with Crippen molar-refractivity contribution in [3.05, 3.63) is 90.1 Å². The average Bonchev–Trinajstić information content (AvgIpc) is 3.31. The predicted molar refractivity (Wildman–Crippen MR) is 102 cm³/mol. The van der Waals surface area contributed by atoms with E-state index in [9.17, 15) is 4.79 Å². The fourth-order valence-corrected chi connectivity index (χ4v) is 2.95. The second kappa shape index (κ2) is 6.88. The molecule has 1 N–H and O–H groups in total. The van der Waals surface area contributed by atoms with Crippen LogP contribution < -0.4 is 5.32 Å². The number of carbonyl (C=O) groups excluding carboxylic acids is 1. The van der Waals surface area contributed by atoms with Gasteiger partial charge in [0.05, 0.1) is 5.69 Å².